The highest BCUT2D eigenvalue weighted by Gasteiger charge is 2.04. The molecule has 2 aromatic rings. The monoisotopic (exact) mass is 216 g/mol. The van der Waals surface area contributed by atoms with Gasteiger partial charge in [-0.15, -0.1) is 0 Å². The molecule has 1 unspecified atom stereocenters. The zero-order chi connectivity index (χ0) is 11.5. The molecule has 16 heavy (non-hydrogen) atoms. The van der Waals surface area contributed by atoms with E-state index in [1.165, 1.54) is 0 Å². The molecule has 0 radical (unpaired) electrons. The first-order valence-electron chi connectivity index (χ1n) is 5.56. The standard InChI is InChI=1S/C13H16N2O/c1-2-10(14)9-15-8-7-13(16)11-5-3-4-6-12(11)15/h3-8,10H,2,9,14H2,1H3. The van der Waals surface area contributed by atoms with Crippen molar-refractivity contribution in [1.29, 1.82) is 0 Å². The normalized spacial score (nSPS) is 12.9. The summed E-state index contributed by atoms with van der Waals surface area (Å²) >= 11 is 0. The smallest absolute Gasteiger partial charge is 0.189 e. The van der Waals surface area contributed by atoms with Crippen molar-refractivity contribution in [2.75, 3.05) is 0 Å². The van der Waals surface area contributed by atoms with Crippen LogP contribution in [0.3, 0.4) is 0 Å². The van der Waals surface area contributed by atoms with Gasteiger partial charge in [-0.2, -0.15) is 0 Å². The quantitative estimate of drug-likeness (QED) is 0.849. The molecule has 0 aliphatic heterocycles. The summed E-state index contributed by atoms with van der Waals surface area (Å²) < 4.78 is 2.05. The number of hydrogen-bond donors (Lipinski definition) is 1. The number of fused-ring (bicyclic) bond motifs is 1. The third kappa shape index (κ3) is 1.99. The van der Waals surface area contributed by atoms with E-state index in [0.29, 0.717) is 0 Å². The van der Waals surface area contributed by atoms with Gasteiger partial charge in [0.05, 0.1) is 5.52 Å². The Hall–Kier alpha value is -1.61. The van der Waals surface area contributed by atoms with Crippen LogP contribution in [0.25, 0.3) is 10.9 Å². The maximum atomic E-state index is 11.6. The number of hydrogen-bond acceptors (Lipinski definition) is 2. The highest BCUT2D eigenvalue weighted by molar-refractivity contribution is 5.78. The number of pyridine rings is 1. The highest BCUT2D eigenvalue weighted by atomic mass is 16.1. The largest absolute Gasteiger partial charge is 0.346 e. The SMILES string of the molecule is CCC(N)Cn1ccc(=O)c2ccccc21. The third-order valence-corrected chi connectivity index (χ3v) is 2.84. The lowest BCUT2D eigenvalue weighted by atomic mass is 10.2. The van der Waals surface area contributed by atoms with Crippen molar-refractivity contribution in [3.05, 3.63) is 46.8 Å². The summed E-state index contributed by atoms with van der Waals surface area (Å²) in [4.78, 5) is 11.6. The molecule has 0 amide bonds. The molecule has 2 rings (SSSR count). The fraction of sp³-hybridized carbons (Fsp3) is 0.308. The molecule has 2 N–H and O–H groups in total. The Balaban J connectivity index is 2.54. The van der Waals surface area contributed by atoms with Gasteiger partial charge in [0.1, 0.15) is 0 Å². The summed E-state index contributed by atoms with van der Waals surface area (Å²) in [5.41, 5.74) is 6.96. The summed E-state index contributed by atoms with van der Waals surface area (Å²) in [5.74, 6) is 0. The van der Waals surface area contributed by atoms with Gasteiger partial charge in [0.2, 0.25) is 0 Å². The molecule has 0 aliphatic rings. The van der Waals surface area contributed by atoms with Crippen molar-refractivity contribution in [3.63, 3.8) is 0 Å². The van der Waals surface area contributed by atoms with Crippen LogP contribution in [0.2, 0.25) is 0 Å². The summed E-state index contributed by atoms with van der Waals surface area (Å²) in [6.45, 7) is 2.81. The lowest BCUT2D eigenvalue weighted by Gasteiger charge is -2.14. The first kappa shape index (κ1) is 10.9. The number of nitrogens with two attached hydrogens (primary N) is 1. The van der Waals surface area contributed by atoms with Crippen LogP contribution in [0, 0.1) is 0 Å². The number of benzene rings is 1. The first-order valence-corrected chi connectivity index (χ1v) is 5.56. The summed E-state index contributed by atoms with van der Waals surface area (Å²) in [7, 11) is 0. The van der Waals surface area contributed by atoms with E-state index < -0.39 is 0 Å². The average molecular weight is 216 g/mol. The van der Waals surface area contributed by atoms with Gasteiger partial charge in [-0.05, 0) is 18.6 Å². The summed E-state index contributed by atoms with van der Waals surface area (Å²) in [5, 5.41) is 0.758. The molecule has 0 bridgehead atoms. The van der Waals surface area contributed by atoms with Gasteiger partial charge in [0.25, 0.3) is 0 Å². The van der Waals surface area contributed by atoms with Crippen LogP contribution in [0.15, 0.2) is 41.3 Å². The van der Waals surface area contributed by atoms with E-state index in [2.05, 4.69) is 6.92 Å². The van der Waals surface area contributed by atoms with Gasteiger partial charge in [0, 0.05) is 30.2 Å². The van der Waals surface area contributed by atoms with Gasteiger partial charge in [-0.1, -0.05) is 19.1 Å². The Bertz CT molecular complexity index is 545. The fourth-order valence-electron chi connectivity index (χ4n) is 1.80. The molecule has 1 aromatic carbocycles. The molecule has 0 fully saturated rings. The molecule has 0 saturated heterocycles. The first-order chi connectivity index (χ1) is 7.72. The maximum absolute atomic E-state index is 11.6. The van der Waals surface area contributed by atoms with E-state index >= 15 is 0 Å². The molecule has 1 heterocycles. The molecular weight excluding hydrogens is 200 g/mol. The van der Waals surface area contributed by atoms with Crippen LogP contribution in [-0.4, -0.2) is 10.6 Å². The molecular formula is C13H16N2O. The molecule has 1 atom stereocenters. The second-order valence-corrected chi connectivity index (χ2v) is 4.02. The summed E-state index contributed by atoms with van der Waals surface area (Å²) in [6, 6.07) is 9.37. The number of rotatable bonds is 3. The van der Waals surface area contributed by atoms with Crippen molar-refractivity contribution >= 4 is 10.9 Å². The van der Waals surface area contributed by atoms with Gasteiger partial charge in [0.15, 0.2) is 5.43 Å². The minimum atomic E-state index is 0.0666. The molecule has 0 aliphatic carbocycles. The Morgan fingerprint density at radius 1 is 1.31 bits per heavy atom. The molecule has 84 valence electrons. The minimum absolute atomic E-state index is 0.0666. The maximum Gasteiger partial charge on any atom is 0.189 e. The van der Waals surface area contributed by atoms with Gasteiger partial charge in [-0.25, -0.2) is 0 Å². The predicted molar refractivity (Wildman–Crippen MR) is 66.5 cm³/mol. The van der Waals surface area contributed by atoms with E-state index in [1.807, 2.05) is 35.0 Å². The lowest BCUT2D eigenvalue weighted by Crippen LogP contribution is -2.25. The van der Waals surface area contributed by atoms with Gasteiger partial charge >= 0.3 is 0 Å². The van der Waals surface area contributed by atoms with Gasteiger partial charge < -0.3 is 10.3 Å². The summed E-state index contributed by atoms with van der Waals surface area (Å²) in [6.07, 6.45) is 2.75. The number of para-hydroxylation sites is 1. The molecule has 0 spiro atoms. The third-order valence-electron chi connectivity index (χ3n) is 2.84. The van der Waals surface area contributed by atoms with Crippen LogP contribution in [0.5, 0.6) is 0 Å². The highest BCUT2D eigenvalue weighted by Crippen LogP contribution is 2.10. The fourth-order valence-corrected chi connectivity index (χ4v) is 1.80. The Labute approximate surface area is 94.5 Å². The Morgan fingerprint density at radius 2 is 2.06 bits per heavy atom. The number of aromatic nitrogens is 1. The van der Waals surface area contributed by atoms with Crippen LogP contribution in [0.4, 0.5) is 0 Å². The number of nitrogens with zero attached hydrogens (tertiary/aromatic N) is 1. The topological polar surface area (TPSA) is 48.0 Å². The predicted octanol–water partition coefficient (Wildman–Crippen LogP) is 1.74. The Kier molecular flexibility index (Phi) is 3.06. The van der Waals surface area contributed by atoms with Crippen LogP contribution < -0.4 is 11.2 Å². The Morgan fingerprint density at radius 3 is 2.81 bits per heavy atom. The molecule has 3 heteroatoms. The van der Waals surface area contributed by atoms with Crippen molar-refractivity contribution in [2.24, 2.45) is 5.73 Å². The van der Waals surface area contributed by atoms with Crippen molar-refractivity contribution in [3.8, 4) is 0 Å². The van der Waals surface area contributed by atoms with Crippen molar-refractivity contribution in [2.45, 2.75) is 25.9 Å². The molecule has 3 nitrogen and oxygen atoms in total. The zero-order valence-electron chi connectivity index (χ0n) is 9.39. The van der Waals surface area contributed by atoms with Crippen molar-refractivity contribution < 1.29 is 0 Å². The molecule has 0 saturated carbocycles. The minimum Gasteiger partial charge on any atom is -0.346 e. The van der Waals surface area contributed by atoms with Crippen LogP contribution in [-0.2, 0) is 6.54 Å². The average Bonchev–Trinajstić information content (AvgIpc) is 2.33. The van der Waals surface area contributed by atoms with E-state index in [4.69, 9.17) is 5.73 Å². The second kappa shape index (κ2) is 4.49. The van der Waals surface area contributed by atoms with E-state index in [0.717, 1.165) is 23.9 Å². The lowest BCUT2D eigenvalue weighted by molar-refractivity contribution is 0.548. The van der Waals surface area contributed by atoms with Crippen LogP contribution in [0.1, 0.15) is 13.3 Å². The second-order valence-electron chi connectivity index (χ2n) is 4.02. The van der Waals surface area contributed by atoms with E-state index in [9.17, 15) is 4.79 Å². The van der Waals surface area contributed by atoms with Crippen LogP contribution >= 0.6 is 0 Å². The van der Waals surface area contributed by atoms with E-state index in [-0.39, 0.29) is 11.5 Å². The van der Waals surface area contributed by atoms with Gasteiger partial charge in [-0.3, -0.25) is 4.79 Å². The van der Waals surface area contributed by atoms with Crippen molar-refractivity contribution in [1.82, 2.24) is 4.57 Å². The zero-order valence-corrected chi connectivity index (χ0v) is 9.39. The van der Waals surface area contributed by atoms with E-state index in [1.54, 1.807) is 6.07 Å². The molecule has 1 aromatic heterocycles.